The lowest BCUT2D eigenvalue weighted by Crippen LogP contribution is -2.21. The van der Waals surface area contributed by atoms with Crippen LogP contribution in [-0.2, 0) is 0 Å². The van der Waals surface area contributed by atoms with Crippen LogP contribution in [0.2, 0.25) is 0 Å². The third-order valence-corrected chi connectivity index (χ3v) is 1.81. The van der Waals surface area contributed by atoms with E-state index >= 15 is 0 Å². The lowest BCUT2D eigenvalue weighted by Gasteiger charge is -2.21. The molecule has 56 valence electrons. The van der Waals surface area contributed by atoms with Crippen LogP contribution >= 0.6 is 0 Å². The topological polar surface area (TPSA) is 24.7 Å². The molecule has 0 bridgehead atoms. The van der Waals surface area contributed by atoms with E-state index in [-0.39, 0.29) is 5.66 Å². The maximum absolute atomic E-state index is 4.32. The summed E-state index contributed by atoms with van der Waals surface area (Å²) in [5.74, 6) is 0. The summed E-state index contributed by atoms with van der Waals surface area (Å²) in [5, 5.41) is 0. The van der Waals surface area contributed by atoms with E-state index in [1.165, 1.54) is 0 Å². The monoisotopic (exact) mass is 146 g/mol. The number of dihydropyridines is 2. The van der Waals surface area contributed by atoms with Gasteiger partial charge in [0.2, 0.25) is 0 Å². The Bertz CT molecular complexity index is 203. The molecule has 0 fully saturated rings. The fraction of sp³-hybridized carbons (Fsp3) is 0.333. The Morgan fingerprint density at radius 2 is 1.45 bits per heavy atom. The fourth-order valence-corrected chi connectivity index (χ4v) is 1.26. The molecule has 2 heteroatoms. The van der Waals surface area contributed by atoms with Crippen molar-refractivity contribution in [1.29, 1.82) is 0 Å². The van der Waals surface area contributed by atoms with E-state index in [1.54, 1.807) is 0 Å². The van der Waals surface area contributed by atoms with Gasteiger partial charge in [-0.3, -0.25) is 9.98 Å². The second kappa shape index (κ2) is 2.46. The minimum absolute atomic E-state index is 0.365. The highest BCUT2D eigenvalue weighted by Gasteiger charge is 2.21. The maximum Gasteiger partial charge on any atom is 0.186 e. The van der Waals surface area contributed by atoms with Crippen molar-refractivity contribution in [2.75, 3.05) is 0 Å². The van der Waals surface area contributed by atoms with E-state index in [2.05, 4.69) is 22.1 Å². The Morgan fingerprint density at radius 1 is 0.909 bits per heavy atom. The van der Waals surface area contributed by atoms with Crippen molar-refractivity contribution in [1.82, 2.24) is 0 Å². The van der Waals surface area contributed by atoms with Gasteiger partial charge in [0.1, 0.15) is 0 Å². The van der Waals surface area contributed by atoms with Crippen LogP contribution < -0.4 is 0 Å². The van der Waals surface area contributed by atoms with E-state index in [4.69, 9.17) is 0 Å². The molecular formula is C9H10N2. The van der Waals surface area contributed by atoms with Crippen molar-refractivity contribution in [3.8, 4) is 0 Å². The molecular weight excluding hydrogens is 136 g/mol. The molecule has 2 rings (SSSR count). The zero-order valence-electron chi connectivity index (χ0n) is 6.27. The van der Waals surface area contributed by atoms with Gasteiger partial charge in [0, 0.05) is 25.3 Å². The smallest absolute Gasteiger partial charge is 0.186 e. The quantitative estimate of drug-likeness (QED) is 0.465. The molecule has 0 aromatic heterocycles. The largest absolute Gasteiger partial charge is 0.260 e. The lowest BCUT2D eigenvalue weighted by molar-refractivity contribution is 0.686. The zero-order chi connectivity index (χ0) is 7.57. The van der Waals surface area contributed by atoms with Gasteiger partial charge in [-0.1, -0.05) is 12.2 Å². The standard InChI is InChI=1S/C9H10N2/c1-3-7-10-9(5-1)6-2-4-8-11-9/h1-2,5-8H,3-4H2. The van der Waals surface area contributed by atoms with Gasteiger partial charge in [0.05, 0.1) is 0 Å². The summed E-state index contributed by atoms with van der Waals surface area (Å²) in [7, 11) is 0. The molecule has 0 saturated carbocycles. The van der Waals surface area contributed by atoms with E-state index in [1.807, 2.05) is 24.6 Å². The molecule has 0 radical (unpaired) electrons. The Balaban J connectivity index is 2.32. The van der Waals surface area contributed by atoms with Gasteiger partial charge in [-0.15, -0.1) is 0 Å². The summed E-state index contributed by atoms with van der Waals surface area (Å²) >= 11 is 0. The van der Waals surface area contributed by atoms with E-state index in [9.17, 15) is 0 Å². The number of nitrogens with zero attached hydrogens (tertiary/aromatic N) is 2. The molecule has 0 unspecified atom stereocenters. The van der Waals surface area contributed by atoms with Crippen LogP contribution in [0.4, 0.5) is 0 Å². The summed E-state index contributed by atoms with van der Waals surface area (Å²) in [6.07, 6.45) is 14.0. The number of rotatable bonds is 0. The minimum Gasteiger partial charge on any atom is -0.260 e. The predicted octanol–water partition coefficient (Wildman–Crippen LogP) is 1.74. The number of allylic oxidation sites excluding steroid dienone is 2. The molecule has 2 heterocycles. The van der Waals surface area contributed by atoms with Crippen molar-refractivity contribution >= 4 is 12.4 Å². The molecule has 2 aliphatic heterocycles. The Kier molecular flexibility index (Phi) is 1.46. The van der Waals surface area contributed by atoms with Gasteiger partial charge in [-0.05, 0) is 12.2 Å². The van der Waals surface area contributed by atoms with Crippen LogP contribution in [0.15, 0.2) is 34.3 Å². The normalized spacial score (nSPS) is 24.7. The summed E-state index contributed by atoms with van der Waals surface area (Å²) < 4.78 is 0. The summed E-state index contributed by atoms with van der Waals surface area (Å²) in [4.78, 5) is 8.65. The summed E-state index contributed by atoms with van der Waals surface area (Å²) in [6.45, 7) is 0. The molecule has 0 aromatic carbocycles. The zero-order valence-corrected chi connectivity index (χ0v) is 6.27. The second-order valence-corrected chi connectivity index (χ2v) is 2.68. The Hall–Kier alpha value is -1.18. The third-order valence-electron chi connectivity index (χ3n) is 1.81. The first-order valence-corrected chi connectivity index (χ1v) is 3.84. The molecule has 0 N–H and O–H groups in total. The molecule has 0 aromatic rings. The van der Waals surface area contributed by atoms with Crippen LogP contribution in [0.25, 0.3) is 0 Å². The Morgan fingerprint density at radius 3 is 1.82 bits per heavy atom. The van der Waals surface area contributed by atoms with Crippen LogP contribution in [0.1, 0.15) is 12.8 Å². The van der Waals surface area contributed by atoms with Gasteiger partial charge in [-0.25, -0.2) is 0 Å². The molecule has 0 aliphatic carbocycles. The van der Waals surface area contributed by atoms with E-state index < -0.39 is 0 Å². The highest BCUT2D eigenvalue weighted by molar-refractivity contribution is 5.67. The first-order chi connectivity index (χ1) is 5.41. The fourth-order valence-electron chi connectivity index (χ4n) is 1.26. The van der Waals surface area contributed by atoms with Gasteiger partial charge >= 0.3 is 0 Å². The average Bonchev–Trinajstić information content (AvgIpc) is 2.07. The van der Waals surface area contributed by atoms with Crippen molar-refractivity contribution in [2.45, 2.75) is 18.5 Å². The average molecular weight is 146 g/mol. The highest BCUT2D eigenvalue weighted by atomic mass is 15.1. The summed E-state index contributed by atoms with van der Waals surface area (Å²) in [5.41, 5.74) is -0.365. The van der Waals surface area contributed by atoms with Crippen molar-refractivity contribution in [2.24, 2.45) is 9.98 Å². The molecule has 2 nitrogen and oxygen atoms in total. The number of aliphatic imine (C=N–C) groups is 2. The molecule has 0 saturated heterocycles. The third kappa shape index (κ3) is 1.16. The van der Waals surface area contributed by atoms with Crippen molar-refractivity contribution in [3.63, 3.8) is 0 Å². The number of hydrogen-bond acceptors (Lipinski definition) is 2. The van der Waals surface area contributed by atoms with E-state index in [0.717, 1.165) is 12.8 Å². The molecule has 1 spiro atoms. The first-order valence-electron chi connectivity index (χ1n) is 3.84. The SMILES string of the molecule is C1=CC2(C=CCC=N2)N=CC1. The Labute approximate surface area is 66.1 Å². The van der Waals surface area contributed by atoms with E-state index in [0.29, 0.717) is 0 Å². The van der Waals surface area contributed by atoms with Crippen LogP contribution in [0.5, 0.6) is 0 Å². The lowest BCUT2D eigenvalue weighted by atomic mass is 10.1. The maximum atomic E-state index is 4.32. The molecule has 0 atom stereocenters. The summed E-state index contributed by atoms with van der Waals surface area (Å²) in [6, 6.07) is 0. The van der Waals surface area contributed by atoms with Crippen molar-refractivity contribution in [3.05, 3.63) is 24.3 Å². The molecule has 0 amide bonds. The number of hydrogen-bond donors (Lipinski definition) is 0. The first kappa shape index (κ1) is 6.53. The van der Waals surface area contributed by atoms with Gasteiger partial charge in [-0.2, -0.15) is 0 Å². The predicted molar refractivity (Wildman–Crippen MR) is 47.2 cm³/mol. The minimum atomic E-state index is -0.365. The van der Waals surface area contributed by atoms with Gasteiger partial charge in [0.25, 0.3) is 0 Å². The van der Waals surface area contributed by atoms with Gasteiger partial charge < -0.3 is 0 Å². The highest BCUT2D eigenvalue weighted by Crippen LogP contribution is 2.22. The molecule has 11 heavy (non-hydrogen) atoms. The van der Waals surface area contributed by atoms with Gasteiger partial charge in [0.15, 0.2) is 5.66 Å². The molecule has 2 aliphatic rings. The second-order valence-electron chi connectivity index (χ2n) is 2.68. The van der Waals surface area contributed by atoms with Crippen LogP contribution in [0, 0.1) is 0 Å². The van der Waals surface area contributed by atoms with Crippen molar-refractivity contribution < 1.29 is 0 Å². The van der Waals surface area contributed by atoms with Crippen LogP contribution in [-0.4, -0.2) is 18.1 Å². The van der Waals surface area contributed by atoms with Crippen LogP contribution in [0.3, 0.4) is 0 Å².